The van der Waals surface area contributed by atoms with E-state index in [9.17, 15) is 9.18 Å². The molecule has 0 unspecified atom stereocenters. The molecule has 0 radical (unpaired) electrons. The zero-order valence-electron chi connectivity index (χ0n) is 17.5. The van der Waals surface area contributed by atoms with Crippen molar-refractivity contribution in [1.82, 2.24) is 0 Å². The van der Waals surface area contributed by atoms with Crippen LogP contribution in [0.2, 0.25) is 0 Å². The van der Waals surface area contributed by atoms with Gasteiger partial charge in [0.1, 0.15) is 12.1 Å². The Morgan fingerprint density at radius 2 is 1.90 bits per heavy atom. The first kappa shape index (κ1) is 20.3. The number of nitrogens with zero attached hydrogens (tertiary/aromatic N) is 1. The highest BCUT2D eigenvalue weighted by atomic mass is 19.1. The maximum absolute atomic E-state index is 14.8. The summed E-state index contributed by atoms with van der Waals surface area (Å²) in [6.07, 6.45) is 12.6. The molecule has 30 heavy (non-hydrogen) atoms. The largest absolute Gasteiger partial charge is 0.370 e. The number of anilines is 1. The van der Waals surface area contributed by atoms with Crippen LogP contribution in [0.4, 0.5) is 10.1 Å². The first-order valence-corrected chi connectivity index (χ1v) is 10.7. The Bertz CT molecular complexity index is 1030. The number of aldehydes is 1. The van der Waals surface area contributed by atoms with E-state index in [0.717, 1.165) is 41.5 Å². The lowest BCUT2D eigenvalue weighted by molar-refractivity contribution is -0.104. The summed E-state index contributed by atoms with van der Waals surface area (Å²) in [6, 6.07) is 11.5. The second-order valence-corrected chi connectivity index (χ2v) is 8.35. The standard InChI is InChI=1S/C27H28FNO/c1-3-19-12-13-23-24(21-8-5-4-6-9-21)16-22-10-7-11-26(28)25(22)14-20(18-30)17-29(2)27(23)15-19/h3,7,10-16,18,21H,1,4-6,8-9,17H2,2H3/b20-14+,24-16+. The molecule has 1 aliphatic carbocycles. The summed E-state index contributed by atoms with van der Waals surface area (Å²) in [5.74, 6) is 0.155. The molecule has 1 heterocycles. The Labute approximate surface area is 178 Å². The molecule has 0 saturated heterocycles. The van der Waals surface area contributed by atoms with E-state index in [1.807, 2.05) is 19.2 Å². The van der Waals surface area contributed by atoms with Crippen LogP contribution in [0.25, 0.3) is 23.8 Å². The fourth-order valence-electron chi connectivity index (χ4n) is 4.73. The van der Waals surface area contributed by atoms with Crippen molar-refractivity contribution in [3.05, 3.63) is 76.6 Å². The van der Waals surface area contributed by atoms with Crippen molar-refractivity contribution < 1.29 is 9.18 Å². The lowest BCUT2D eigenvalue weighted by Crippen LogP contribution is -2.23. The minimum Gasteiger partial charge on any atom is -0.370 e. The Morgan fingerprint density at radius 1 is 1.10 bits per heavy atom. The number of carbonyl (C=O) groups excluding carboxylic acids is 1. The van der Waals surface area contributed by atoms with Gasteiger partial charge in [-0.1, -0.05) is 62.3 Å². The molecule has 1 saturated carbocycles. The number of allylic oxidation sites excluding steroid dienone is 1. The quantitative estimate of drug-likeness (QED) is 0.539. The van der Waals surface area contributed by atoms with Crippen molar-refractivity contribution in [1.29, 1.82) is 0 Å². The van der Waals surface area contributed by atoms with Crippen molar-refractivity contribution in [3.63, 3.8) is 0 Å². The third-order valence-corrected chi connectivity index (χ3v) is 6.32. The van der Waals surface area contributed by atoms with Gasteiger partial charge < -0.3 is 4.90 Å². The molecule has 0 spiro atoms. The number of fused-ring (bicyclic) bond motifs is 2. The number of benzene rings is 2. The average Bonchev–Trinajstić information content (AvgIpc) is 2.78. The molecule has 1 aliphatic heterocycles. The summed E-state index contributed by atoms with van der Waals surface area (Å²) in [7, 11) is 1.99. The van der Waals surface area contributed by atoms with Crippen molar-refractivity contribution in [2.45, 2.75) is 32.1 Å². The second-order valence-electron chi connectivity index (χ2n) is 8.35. The molecule has 2 aromatic carbocycles. The fraction of sp³-hybridized carbons (Fsp3) is 0.296. The number of rotatable bonds is 3. The van der Waals surface area contributed by atoms with Gasteiger partial charge in [0.05, 0.1) is 0 Å². The van der Waals surface area contributed by atoms with Gasteiger partial charge >= 0.3 is 0 Å². The van der Waals surface area contributed by atoms with Gasteiger partial charge in [0.2, 0.25) is 0 Å². The molecule has 2 aliphatic rings. The van der Waals surface area contributed by atoms with Gasteiger partial charge in [-0.3, -0.25) is 4.79 Å². The van der Waals surface area contributed by atoms with Gasteiger partial charge in [-0.2, -0.15) is 0 Å². The lowest BCUT2D eigenvalue weighted by Gasteiger charge is -2.30. The van der Waals surface area contributed by atoms with Crippen molar-refractivity contribution in [3.8, 4) is 0 Å². The minimum absolute atomic E-state index is 0.295. The van der Waals surface area contributed by atoms with Crippen LogP contribution >= 0.6 is 0 Å². The number of hydrogen-bond donors (Lipinski definition) is 0. The molecule has 0 bridgehead atoms. The summed E-state index contributed by atoms with van der Waals surface area (Å²) >= 11 is 0. The maximum Gasteiger partial charge on any atom is 0.147 e. The third-order valence-electron chi connectivity index (χ3n) is 6.32. The van der Waals surface area contributed by atoms with Gasteiger partial charge in [-0.15, -0.1) is 0 Å². The number of likely N-dealkylation sites (N-methyl/N-ethyl adjacent to an activating group) is 1. The highest BCUT2D eigenvalue weighted by molar-refractivity contribution is 5.93. The SMILES string of the molecule is C=Cc1ccc2c(c1)N(C)C/C(C=O)=C\c1c(F)cccc1/C=C/2C1CCCCC1. The maximum atomic E-state index is 14.8. The molecule has 0 atom stereocenters. The van der Waals surface area contributed by atoms with Crippen LogP contribution in [0.3, 0.4) is 0 Å². The minimum atomic E-state index is -0.295. The molecule has 0 amide bonds. The van der Waals surface area contributed by atoms with E-state index in [2.05, 4.69) is 35.8 Å². The van der Waals surface area contributed by atoms with E-state index in [-0.39, 0.29) is 5.82 Å². The summed E-state index contributed by atoms with van der Waals surface area (Å²) < 4.78 is 14.8. The highest BCUT2D eigenvalue weighted by Gasteiger charge is 2.24. The summed E-state index contributed by atoms with van der Waals surface area (Å²) in [5.41, 5.74) is 6.43. The topological polar surface area (TPSA) is 20.3 Å². The van der Waals surface area contributed by atoms with Crippen molar-refractivity contribution >= 4 is 35.8 Å². The second kappa shape index (κ2) is 8.83. The normalized spacial score (nSPS) is 20.8. The smallest absolute Gasteiger partial charge is 0.147 e. The molecule has 1 fully saturated rings. The predicted molar refractivity (Wildman–Crippen MR) is 125 cm³/mol. The number of carbonyl (C=O) groups is 1. The van der Waals surface area contributed by atoms with Crippen molar-refractivity contribution in [2.75, 3.05) is 18.5 Å². The van der Waals surface area contributed by atoms with Crippen LogP contribution in [0, 0.1) is 11.7 Å². The van der Waals surface area contributed by atoms with E-state index in [0.29, 0.717) is 23.6 Å². The molecule has 154 valence electrons. The number of halogens is 1. The molecule has 2 nitrogen and oxygen atoms in total. The third kappa shape index (κ3) is 4.02. The number of hydrogen-bond acceptors (Lipinski definition) is 2. The highest BCUT2D eigenvalue weighted by Crippen LogP contribution is 2.41. The Kier molecular flexibility index (Phi) is 5.98. The van der Waals surface area contributed by atoms with Crippen LogP contribution in [0.15, 0.2) is 48.6 Å². The summed E-state index contributed by atoms with van der Waals surface area (Å²) in [4.78, 5) is 13.9. The van der Waals surface area contributed by atoms with Gasteiger partial charge in [-0.05, 0) is 53.7 Å². The molecular formula is C27H28FNO. The van der Waals surface area contributed by atoms with E-state index in [1.54, 1.807) is 12.1 Å². The van der Waals surface area contributed by atoms with Crippen molar-refractivity contribution in [2.24, 2.45) is 5.92 Å². The lowest BCUT2D eigenvalue weighted by atomic mass is 9.79. The summed E-state index contributed by atoms with van der Waals surface area (Å²) in [6.45, 7) is 4.34. The summed E-state index contributed by atoms with van der Waals surface area (Å²) in [5, 5.41) is 0. The Morgan fingerprint density at radius 3 is 2.63 bits per heavy atom. The average molecular weight is 402 g/mol. The van der Waals surface area contributed by atoms with E-state index in [4.69, 9.17) is 0 Å². The first-order valence-electron chi connectivity index (χ1n) is 10.7. The van der Waals surface area contributed by atoms with Gasteiger partial charge in [-0.25, -0.2) is 4.39 Å². The van der Waals surface area contributed by atoms with Gasteiger partial charge in [0, 0.05) is 36.0 Å². The molecule has 3 heteroatoms. The van der Waals surface area contributed by atoms with Gasteiger partial charge in [0.15, 0.2) is 0 Å². The molecule has 0 N–H and O–H groups in total. The van der Waals surface area contributed by atoms with E-state index >= 15 is 0 Å². The van der Waals surface area contributed by atoms with Crippen LogP contribution in [-0.4, -0.2) is 19.9 Å². The molecule has 2 aromatic rings. The van der Waals surface area contributed by atoms with E-state index < -0.39 is 0 Å². The molecular weight excluding hydrogens is 373 g/mol. The first-order chi connectivity index (χ1) is 14.6. The van der Waals surface area contributed by atoms with Gasteiger partial charge in [0.25, 0.3) is 0 Å². The van der Waals surface area contributed by atoms with E-state index in [1.165, 1.54) is 30.9 Å². The Balaban J connectivity index is 2.00. The monoisotopic (exact) mass is 401 g/mol. The molecule has 0 aromatic heterocycles. The van der Waals surface area contributed by atoms with Crippen LogP contribution in [0.5, 0.6) is 0 Å². The zero-order valence-corrected chi connectivity index (χ0v) is 17.5. The zero-order chi connectivity index (χ0) is 21.1. The fourth-order valence-corrected chi connectivity index (χ4v) is 4.73. The Hall–Kier alpha value is -2.94. The molecule has 4 rings (SSSR count). The predicted octanol–water partition coefficient (Wildman–Crippen LogP) is 6.62. The van der Waals surface area contributed by atoms with Crippen LogP contribution in [0.1, 0.15) is 54.4 Å². The van der Waals surface area contributed by atoms with Crippen LogP contribution < -0.4 is 4.90 Å². The van der Waals surface area contributed by atoms with Crippen LogP contribution in [-0.2, 0) is 4.79 Å².